The highest BCUT2D eigenvalue weighted by Gasteiger charge is 2.11. The topological polar surface area (TPSA) is 80.9 Å². The SMILES string of the molecule is Cc1ccc(NC(=O)c2cc(N)nc(C(C)C)c2)cn1. The number of aryl methyl sites for hydroxylation is 1. The van der Waals surface area contributed by atoms with E-state index < -0.39 is 0 Å². The van der Waals surface area contributed by atoms with Gasteiger partial charge in [-0.25, -0.2) is 4.98 Å². The van der Waals surface area contributed by atoms with Crippen LogP contribution in [0.2, 0.25) is 0 Å². The van der Waals surface area contributed by atoms with Gasteiger partial charge in [-0.3, -0.25) is 9.78 Å². The van der Waals surface area contributed by atoms with Crippen LogP contribution in [0.15, 0.2) is 30.5 Å². The second kappa shape index (κ2) is 5.69. The van der Waals surface area contributed by atoms with E-state index in [0.717, 1.165) is 11.4 Å². The number of amides is 1. The first-order valence-corrected chi connectivity index (χ1v) is 6.47. The molecule has 0 saturated heterocycles. The van der Waals surface area contributed by atoms with E-state index in [2.05, 4.69) is 15.3 Å². The van der Waals surface area contributed by atoms with Crippen molar-refractivity contribution in [2.24, 2.45) is 0 Å². The summed E-state index contributed by atoms with van der Waals surface area (Å²) in [4.78, 5) is 20.6. The van der Waals surface area contributed by atoms with Crippen molar-refractivity contribution < 1.29 is 4.79 Å². The molecule has 0 aromatic carbocycles. The molecule has 0 bridgehead atoms. The summed E-state index contributed by atoms with van der Waals surface area (Å²) in [6.07, 6.45) is 1.63. The van der Waals surface area contributed by atoms with Crippen molar-refractivity contribution in [2.45, 2.75) is 26.7 Å². The van der Waals surface area contributed by atoms with E-state index in [4.69, 9.17) is 5.73 Å². The molecule has 0 fully saturated rings. The first-order valence-electron chi connectivity index (χ1n) is 6.47. The van der Waals surface area contributed by atoms with Gasteiger partial charge in [0.05, 0.1) is 11.9 Å². The smallest absolute Gasteiger partial charge is 0.255 e. The highest BCUT2D eigenvalue weighted by Crippen LogP contribution is 2.17. The van der Waals surface area contributed by atoms with Crippen LogP contribution in [0, 0.1) is 6.92 Å². The third-order valence-electron chi connectivity index (χ3n) is 2.89. The molecule has 2 heterocycles. The largest absolute Gasteiger partial charge is 0.384 e. The molecule has 2 aromatic rings. The fraction of sp³-hybridized carbons (Fsp3) is 0.267. The normalized spacial score (nSPS) is 10.6. The van der Waals surface area contributed by atoms with Gasteiger partial charge < -0.3 is 11.1 Å². The Kier molecular flexibility index (Phi) is 3.98. The molecule has 20 heavy (non-hydrogen) atoms. The average Bonchev–Trinajstić information content (AvgIpc) is 2.40. The number of nitrogens with one attached hydrogen (secondary N) is 1. The fourth-order valence-electron chi connectivity index (χ4n) is 1.75. The molecule has 3 N–H and O–H groups in total. The molecular formula is C15H18N4O. The minimum absolute atomic E-state index is 0.214. The molecule has 2 aromatic heterocycles. The zero-order valence-corrected chi connectivity index (χ0v) is 11.8. The molecule has 0 aliphatic heterocycles. The van der Waals surface area contributed by atoms with Gasteiger partial charge in [0.15, 0.2) is 0 Å². The van der Waals surface area contributed by atoms with Gasteiger partial charge in [0.25, 0.3) is 5.91 Å². The molecule has 1 amide bonds. The standard InChI is InChI=1S/C15H18N4O/c1-9(2)13-6-11(7-14(16)19-13)15(20)18-12-5-4-10(3)17-8-12/h4-9H,1-3H3,(H2,16,19)(H,18,20). The molecule has 0 spiro atoms. The Balaban J connectivity index is 2.22. The second-order valence-corrected chi connectivity index (χ2v) is 5.00. The van der Waals surface area contributed by atoms with E-state index in [-0.39, 0.29) is 11.8 Å². The molecule has 2 rings (SSSR count). The maximum absolute atomic E-state index is 12.2. The fourth-order valence-corrected chi connectivity index (χ4v) is 1.75. The lowest BCUT2D eigenvalue weighted by Crippen LogP contribution is -2.14. The summed E-state index contributed by atoms with van der Waals surface area (Å²) < 4.78 is 0. The first kappa shape index (κ1) is 14.0. The van der Waals surface area contributed by atoms with E-state index in [1.807, 2.05) is 32.9 Å². The van der Waals surface area contributed by atoms with E-state index in [1.54, 1.807) is 18.3 Å². The Morgan fingerprint density at radius 3 is 2.65 bits per heavy atom. The maximum atomic E-state index is 12.2. The number of nitrogens with zero attached hydrogens (tertiary/aromatic N) is 2. The number of pyridine rings is 2. The molecule has 0 unspecified atom stereocenters. The Hall–Kier alpha value is -2.43. The second-order valence-electron chi connectivity index (χ2n) is 5.00. The van der Waals surface area contributed by atoms with E-state index in [0.29, 0.717) is 17.1 Å². The molecule has 0 atom stereocenters. The maximum Gasteiger partial charge on any atom is 0.255 e. The highest BCUT2D eigenvalue weighted by atomic mass is 16.1. The van der Waals surface area contributed by atoms with Crippen LogP contribution < -0.4 is 11.1 Å². The number of hydrogen-bond acceptors (Lipinski definition) is 4. The van der Waals surface area contributed by atoms with Crippen LogP contribution >= 0.6 is 0 Å². The van der Waals surface area contributed by atoms with Gasteiger partial charge in [0, 0.05) is 17.0 Å². The summed E-state index contributed by atoms with van der Waals surface area (Å²) >= 11 is 0. The lowest BCUT2D eigenvalue weighted by atomic mass is 10.1. The Morgan fingerprint density at radius 2 is 2.05 bits per heavy atom. The number of aromatic nitrogens is 2. The molecule has 0 aliphatic carbocycles. The number of anilines is 2. The number of nitrogen functional groups attached to an aromatic ring is 1. The lowest BCUT2D eigenvalue weighted by molar-refractivity contribution is 0.102. The van der Waals surface area contributed by atoms with Gasteiger partial charge >= 0.3 is 0 Å². The van der Waals surface area contributed by atoms with Gasteiger partial charge in [0.1, 0.15) is 5.82 Å². The number of nitrogens with two attached hydrogens (primary N) is 1. The van der Waals surface area contributed by atoms with Crippen molar-refractivity contribution in [3.05, 3.63) is 47.4 Å². The van der Waals surface area contributed by atoms with Crippen molar-refractivity contribution in [3.63, 3.8) is 0 Å². The summed E-state index contributed by atoms with van der Waals surface area (Å²) in [6, 6.07) is 6.99. The predicted molar refractivity (Wildman–Crippen MR) is 79.7 cm³/mol. The van der Waals surface area contributed by atoms with Crippen LogP contribution in [-0.4, -0.2) is 15.9 Å². The predicted octanol–water partition coefficient (Wildman–Crippen LogP) is 2.74. The Bertz CT molecular complexity index is 620. The van der Waals surface area contributed by atoms with Crippen LogP contribution in [0.3, 0.4) is 0 Å². The van der Waals surface area contributed by atoms with E-state index >= 15 is 0 Å². The number of carbonyl (C=O) groups is 1. The highest BCUT2D eigenvalue weighted by molar-refractivity contribution is 6.04. The number of rotatable bonds is 3. The van der Waals surface area contributed by atoms with Crippen molar-refractivity contribution in [2.75, 3.05) is 11.1 Å². The third-order valence-corrected chi connectivity index (χ3v) is 2.89. The molecular weight excluding hydrogens is 252 g/mol. The van der Waals surface area contributed by atoms with Crippen LogP contribution in [0.25, 0.3) is 0 Å². The van der Waals surface area contributed by atoms with Crippen molar-refractivity contribution in [1.82, 2.24) is 9.97 Å². The summed E-state index contributed by atoms with van der Waals surface area (Å²) in [6.45, 7) is 5.91. The van der Waals surface area contributed by atoms with Gasteiger partial charge in [0.2, 0.25) is 0 Å². The number of hydrogen-bond donors (Lipinski definition) is 2. The van der Waals surface area contributed by atoms with Gasteiger partial charge in [-0.15, -0.1) is 0 Å². The first-order chi connectivity index (χ1) is 9.45. The van der Waals surface area contributed by atoms with Gasteiger partial charge in [-0.2, -0.15) is 0 Å². The summed E-state index contributed by atoms with van der Waals surface area (Å²) in [5.74, 6) is 0.348. The zero-order valence-electron chi connectivity index (χ0n) is 11.8. The molecule has 5 heteroatoms. The van der Waals surface area contributed by atoms with Crippen LogP contribution in [0.4, 0.5) is 11.5 Å². The monoisotopic (exact) mass is 270 g/mol. The lowest BCUT2D eigenvalue weighted by Gasteiger charge is -2.09. The summed E-state index contributed by atoms with van der Waals surface area (Å²) in [7, 11) is 0. The van der Waals surface area contributed by atoms with Crippen molar-refractivity contribution in [3.8, 4) is 0 Å². The molecule has 0 saturated carbocycles. The van der Waals surface area contributed by atoms with E-state index in [9.17, 15) is 4.79 Å². The number of carbonyl (C=O) groups excluding carboxylic acids is 1. The van der Waals surface area contributed by atoms with E-state index in [1.165, 1.54) is 0 Å². The van der Waals surface area contributed by atoms with Crippen LogP contribution in [0.1, 0.15) is 41.5 Å². The van der Waals surface area contributed by atoms with Gasteiger partial charge in [-0.05, 0) is 37.1 Å². The van der Waals surface area contributed by atoms with Crippen LogP contribution in [0.5, 0.6) is 0 Å². The molecule has 0 radical (unpaired) electrons. The van der Waals surface area contributed by atoms with Crippen LogP contribution in [-0.2, 0) is 0 Å². The molecule has 104 valence electrons. The molecule has 0 aliphatic rings. The van der Waals surface area contributed by atoms with Crippen molar-refractivity contribution >= 4 is 17.4 Å². The quantitative estimate of drug-likeness (QED) is 0.898. The average molecular weight is 270 g/mol. The minimum atomic E-state index is -0.216. The third kappa shape index (κ3) is 3.32. The van der Waals surface area contributed by atoms with Crippen molar-refractivity contribution in [1.29, 1.82) is 0 Å². The molecule has 5 nitrogen and oxygen atoms in total. The van der Waals surface area contributed by atoms with Gasteiger partial charge in [-0.1, -0.05) is 13.8 Å². The summed E-state index contributed by atoms with van der Waals surface area (Å²) in [5.41, 5.74) is 8.61. The minimum Gasteiger partial charge on any atom is -0.384 e. The Labute approximate surface area is 118 Å². The summed E-state index contributed by atoms with van der Waals surface area (Å²) in [5, 5.41) is 2.79. The Morgan fingerprint density at radius 1 is 1.30 bits per heavy atom. The zero-order chi connectivity index (χ0) is 14.7.